The number of thioether (sulfide) groups is 1. The Kier molecular flexibility index (Phi) is 5.08. The first-order chi connectivity index (χ1) is 14.5. The van der Waals surface area contributed by atoms with Gasteiger partial charge in [-0.1, -0.05) is 42.1 Å². The molecule has 0 aromatic heterocycles. The van der Waals surface area contributed by atoms with Crippen molar-refractivity contribution in [2.24, 2.45) is 26.4 Å². The average molecular weight is 424 g/mol. The smallest absolute Gasteiger partial charge is 0.344 e. The number of carbonyl (C=O) groups is 1. The SMILES string of the molecule is CCOC(=O)C1=C2N=C(SC)NC3=C2C(N=C1N)N=C(N)/C3=C(\O)c1ccccc1. The van der Waals surface area contributed by atoms with E-state index in [9.17, 15) is 9.90 Å². The van der Waals surface area contributed by atoms with Gasteiger partial charge in [0.25, 0.3) is 0 Å². The Labute approximate surface area is 177 Å². The van der Waals surface area contributed by atoms with Gasteiger partial charge in [-0.2, -0.15) is 0 Å². The fourth-order valence-electron chi connectivity index (χ4n) is 3.40. The Morgan fingerprint density at radius 3 is 2.60 bits per heavy atom. The molecule has 0 bridgehead atoms. The normalized spacial score (nSPS) is 21.8. The number of hydrogen-bond donors (Lipinski definition) is 4. The molecule has 154 valence electrons. The van der Waals surface area contributed by atoms with Crippen molar-refractivity contribution < 1.29 is 14.6 Å². The second kappa shape index (κ2) is 7.71. The van der Waals surface area contributed by atoms with Crippen LogP contribution in [-0.2, 0) is 9.53 Å². The molecule has 3 aliphatic heterocycles. The third-order valence-corrected chi connectivity index (χ3v) is 5.29. The van der Waals surface area contributed by atoms with E-state index in [4.69, 9.17) is 16.2 Å². The van der Waals surface area contributed by atoms with Gasteiger partial charge < -0.3 is 26.6 Å². The Bertz CT molecular complexity index is 1110. The van der Waals surface area contributed by atoms with Gasteiger partial charge in [-0.25, -0.2) is 19.8 Å². The molecule has 9 nitrogen and oxygen atoms in total. The molecular formula is C20H20N6O3S. The van der Waals surface area contributed by atoms with E-state index in [2.05, 4.69) is 20.3 Å². The van der Waals surface area contributed by atoms with Crippen LogP contribution < -0.4 is 16.8 Å². The van der Waals surface area contributed by atoms with E-state index in [0.29, 0.717) is 33.3 Å². The molecule has 0 amide bonds. The molecule has 4 rings (SSSR count). The van der Waals surface area contributed by atoms with Crippen molar-refractivity contribution in [2.45, 2.75) is 13.1 Å². The molecule has 30 heavy (non-hydrogen) atoms. The summed E-state index contributed by atoms with van der Waals surface area (Å²) in [6.45, 7) is 1.89. The Balaban J connectivity index is 1.99. The minimum atomic E-state index is -0.778. The highest BCUT2D eigenvalue weighted by Gasteiger charge is 2.41. The molecule has 3 heterocycles. The van der Waals surface area contributed by atoms with Crippen molar-refractivity contribution in [3.63, 3.8) is 0 Å². The second-order valence-electron chi connectivity index (χ2n) is 6.47. The lowest BCUT2D eigenvalue weighted by molar-refractivity contribution is -0.137. The lowest BCUT2D eigenvalue weighted by Gasteiger charge is -2.33. The maximum absolute atomic E-state index is 12.6. The van der Waals surface area contributed by atoms with Crippen LogP contribution in [0, 0.1) is 0 Å². The van der Waals surface area contributed by atoms with Crippen LogP contribution in [0.3, 0.4) is 0 Å². The van der Waals surface area contributed by atoms with Gasteiger partial charge in [0.1, 0.15) is 23.0 Å². The summed E-state index contributed by atoms with van der Waals surface area (Å²) in [7, 11) is 0. The molecule has 1 aromatic rings. The van der Waals surface area contributed by atoms with E-state index in [1.165, 1.54) is 11.8 Å². The van der Waals surface area contributed by atoms with E-state index in [1.807, 2.05) is 24.5 Å². The summed E-state index contributed by atoms with van der Waals surface area (Å²) in [6.07, 6.45) is 1.06. The van der Waals surface area contributed by atoms with Crippen molar-refractivity contribution in [2.75, 3.05) is 12.9 Å². The van der Waals surface area contributed by atoms with Crippen molar-refractivity contribution in [1.82, 2.24) is 5.32 Å². The predicted octanol–water partition coefficient (Wildman–Crippen LogP) is 1.42. The fraction of sp³-hybridized carbons (Fsp3) is 0.200. The largest absolute Gasteiger partial charge is 0.506 e. The van der Waals surface area contributed by atoms with Crippen molar-refractivity contribution in [3.8, 4) is 0 Å². The molecule has 1 unspecified atom stereocenters. The molecule has 1 atom stereocenters. The first-order valence-corrected chi connectivity index (χ1v) is 10.4. The number of nitrogens with two attached hydrogens (primary N) is 2. The third-order valence-electron chi connectivity index (χ3n) is 4.71. The minimum absolute atomic E-state index is 0.0149. The zero-order valence-electron chi connectivity index (χ0n) is 16.3. The molecular weight excluding hydrogens is 404 g/mol. The van der Waals surface area contributed by atoms with Crippen LogP contribution in [-0.4, -0.2) is 46.9 Å². The molecule has 0 radical (unpaired) electrons. The molecule has 3 aliphatic rings. The molecule has 0 saturated carbocycles. The number of carbonyl (C=O) groups excluding carboxylic acids is 1. The standard InChI is InChI=1S/C20H20N6O3S/c1-3-29-19(28)12-14-10-13(23-20(24-14)30-2)11(15(27)9-7-5-4-6-8-9)16(21)25-18(10)26-17(12)22/h4-8,18,27H,3H2,1-2H3,(H2,21,25)(H2,22,26)(H,23,24)/b15-11-. The van der Waals surface area contributed by atoms with Crippen LogP contribution in [0.4, 0.5) is 0 Å². The maximum atomic E-state index is 12.6. The second-order valence-corrected chi connectivity index (χ2v) is 7.27. The number of amidine groups is 3. The first kappa shape index (κ1) is 19.8. The van der Waals surface area contributed by atoms with Crippen molar-refractivity contribution in [1.29, 1.82) is 0 Å². The zero-order valence-corrected chi connectivity index (χ0v) is 17.2. The van der Waals surface area contributed by atoms with E-state index in [0.717, 1.165) is 0 Å². The predicted molar refractivity (Wildman–Crippen MR) is 118 cm³/mol. The van der Waals surface area contributed by atoms with E-state index >= 15 is 0 Å². The van der Waals surface area contributed by atoms with E-state index in [1.54, 1.807) is 19.1 Å². The molecule has 0 saturated heterocycles. The van der Waals surface area contributed by atoms with Crippen molar-refractivity contribution >= 4 is 40.3 Å². The lowest BCUT2D eigenvalue weighted by atomic mass is 9.90. The maximum Gasteiger partial charge on any atom is 0.344 e. The number of rotatable bonds is 3. The summed E-state index contributed by atoms with van der Waals surface area (Å²) in [5.74, 6) is -0.581. The Morgan fingerprint density at radius 2 is 1.93 bits per heavy atom. The number of benzene rings is 1. The number of hydrogen-bond acceptors (Lipinski definition) is 10. The topological polar surface area (TPSA) is 148 Å². The van der Waals surface area contributed by atoms with Crippen molar-refractivity contribution in [3.05, 3.63) is 64.0 Å². The van der Waals surface area contributed by atoms with Gasteiger partial charge in [-0.3, -0.25) is 0 Å². The van der Waals surface area contributed by atoms with Gasteiger partial charge in [0.05, 0.1) is 23.6 Å². The van der Waals surface area contributed by atoms with E-state index < -0.39 is 12.1 Å². The summed E-state index contributed by atoms with van der Waals surface area (Å²) in [5.41, 5.74) is 14.6. The molecule has 0 spiro atoms. The summed E-state index contributed by atoms with van der Waals surface area (Å²) in [5, 5.41) is 14.7. The van der Waals surface area contributed by atoms with Gasteiger partial charge in [0.15, 0.2) is 11.3 Å². The zero-order chi connectivity index (χ0) is 21.4. The number of nitrogens with one attached hydrogen (secondary N) is 1. The third kappa shape index (κ3) is 3.14. The Morgan fingerprint density at radius 1 is 1.23 bits per heavy atom. The van der Waals surface area contributed by atoms with Crippen LogP contribution >= 0.6 is 11.8 Å². The molecule has 1 aromatic carbocycles. The molecule has 0 aliphatic carbocycles. The monoisotopic (exact) mass is 424 g/mol. The van der Waals surface area contributed by atoms with Crippen LogP contribution in [0.5, 0.6) is 0 Å². The number of ether oxygens (including phenoxy) is 1. The highest BCUT2D eigenvalue weighted by Crippen LogP contribution is 2.39. The number of aliphatic imine (C=N–C) groups is 3. The summed E-state index contributed by atoms with van der Waals surface area (Å²) in [4.78, 5) is 25.9. The summed E-state index contributed by atoms with van der Waals surface area (Å²) < 4.78 is 5.16. The van der Waals surface area contributed by atoms with Gasteiger partial charge in [0, 0.05) is 11.1 Å². The van der Waals surface area contributed by atoms with Crippen LogP contribution in [0.25, 0.3) is 5.76 Å². The van der Waals surface area contributed by atoms with Crippen LogP contribution in [0.15, 0.2) is 73.4 Å². The van der Waals surface area contributed by atoms with Gasteiger partial charge in [-0.05, 0) is 13.2 Å². The highest BCUT2D eigenvalue weighted by atomic mass is 32.2. The van der Waals surface area contributed by atoms with Gasteiger partial charge in [0.2, 0.25) is 0 Å². The summed E-state index contributed by atoms with van der Waals surface area (Å²) in [6, 6.07) is 8.98. The number of nitrogens with zero attached hydrogens (tertiary/aromatic N) is 3. The Hall–Kier alpha value is -3.53. The van der Waals surface area contributed by atoms with Crippen LogP contribution in [0.2, 0.25) is 0 Å². The number of aliphatic hydroxyl groups is 1. The van der Waals surface area contributed by atoms with Crippen LogP contribution in [0.1, 0.15) is 12.5 Å². The molecule has 10 heteroatoms. The average Bonchev–Trinajstić information content (AvgIpc) is 2.73. The molecule has 6 N–H and O–H groups in total. The van der Waals surface area contributed by atoms with Gasteiger partial charge >= 0.3 is 5.97 Å². The number of esters is 1. The number of dihydropyridines is 2. The minimum Gasteiger partial charge on any atom is -0.506 e. The fourth-order valence-corrected chi connectivity index (χ4v) is 3.79. The highest BCUT2D eigenvalue weighted by molar-refractivity contribution is 8.13. The molecule has 0 fully saturated rings. The quantitative estimate of drug-likeness (QED) is 0.424. The summed E-state index contributed by atoms with van der Waals surface area (Å²) >= 11 is 1.34. The van der Waals surface area contributed by atoms with Gasteiger partial charge in [-0.15, -0.1) is 0 Å². The van der Waals surface area contributed by atoms with E-state index in [-0.39, 0.29) is 29.6 Å². The number of aliphatic hydroxyl groups excluding tert-OH is 1. The lowest BCUT2D eigenvalue weighted by Crippen LogP contribution is -2.42. The first-order valence-electron chi connectivity index (χ1n) is 9.18.